The van der Waals surface area contributed by atoms with E-state index in [1.54, 1.807) is 6.07 Å². The number of hydrogen-bond donors (Lipinski definition) is 1. The average Bonchev–Trinajstić information content (AvgIpc) is 2.55. The van der Waals surface area contributed by atoms with Gasteiger partial charge in [-0.25, -0.2) is 8.42 Å². The lowest BCUT2D eigenvalue weighted by atomic mass is 10.2. The number of phenols is 1. The van der Waals surface area contributed by atoms with E-state index in [1.165, 1.54) is 30.3 Å². The summed E-state index contributed by atoms with van der Waals surface area (Å²) in [6, 6.07) is 11.0. The molecule has 0 aliphatic carbocycles. The number of allylic oxidation sites excluding steroid dienone is 1. The summed E-state index contributed by atoms with van der Waals surface area (Å²) in [5, 5.41) is 29.9. The lowest BCUT2D eigenvalue weighted by molar-refractivity contribution is -0.385. The zero-order chi connectivity index (χ0) is 18.6. The number of rotatable bonds is 5. The maximum Gasteiger partial charge on any atom is 0.311 e. The minimum Gasteiger partial charge on any atom is -0.502 e. The summed E-state index contributed by atoms with van der Waals surface area (Å²) in [4.78, 5) is 9.48. The number of phenolic OH excluding ortho intramolecular Hbond substituents is 1. The molecule has 0 amide bonds. The van der Waals surface area contributed by atoms with E-state index in [0.717, 1.165) is 18.2 Å². The second kappa shape index (κ2) is 7.34. The Morgan fingerprint density at radius 3 is 2.48 bits per heavy atom. The third kappa shape index (κ3) is 4.56. The average molecular weight is 379 g/mol. The van der Waals surface area contributed by atoms with Gasteiger partial charge in [0, 0.05) is 11.1 Å². The molecule has 2 rings (SSSR count). The van der Waals surface area contributed by atoms with E-state index < -0.39 is 36.9 Å². The van der Waals surface area contributed by atoms with Crippen molar-refractivity contribution in [2.45, 2.75) is 5.75 Å². The molecule has 9 heteroatoms. The summed E-state index contributed by atoms with van der Waals surface area (Å²) >= 11 is 5.74. The maximum absolute atomic E-state index is 12.4. The van der Waals surface area contributed by atoms with Gasteiger partial charge in [0.15, 0.2) is 15.6 Å². The molecule has 25 heavy (non-hydrogen) atoms. The van der Waals surface area contributed by atoms with Crippen LogP contribution in [0.2, 0.25) is 5.02 Å². The lowest BCUT2D eigenvalue weighted by Gasteiger charge is -2.04. The first kappa shape index (κ1) is 18.4. The van der Waals surface area contributed by atoms with Crippen LogP contribution in [-0.4, -0.2) is 18.4 Å². The van der Waals surface area contributed by atoms with E-state index in [1.807, 2.05) is 0 Å². The molecule has 0 heterocycles. The van der Waals surface area contributed by atoms with Crippen LogP contribution in [0.3, 0.4) is 0 Å². The molecule has 2 aromatic rings. The van der Waals surface area contributed by atoms with Crippen LogP contribution in [0.15, 0.2) is 47.4 Å². The standard InChI is InChI=1S/C16H11ClN2O5S/c17-13-4-1-11(2-5-13)10-25(23,24)14(9-18)7-12-3-6-16(20)15(8-12)19(21)22/h1-8,20H,10H2. The zero-order valence-electron chi connectivity index (χ0n) is 12.6. The van der Waals surface area contributed by atoms with Gasteiger partial charge in [0.1, 0.15) is 11.0 Å². The Hall–Kier alpha value is -2.89. The fourth-order valence-electron chi connectivity index (χ4n) is 2.00. The number of hydrogen-bond acceptors (Lipinski definition) is 6. The second-order valence-electron chi connectivity index (χ2n) is 5.01. The Kier molecular flexibility index (Phi) is 5.41. The highest BCUT2D eigenvalue weighted by Crippen LogP contribution is 2.28. The highest BCUT2D eigenvalue weighted by Gasteiger charge is 2.20. The van der Waals surface area contributed by atoms with Crippen LogP contribution in [0, 0.1) is 21.4 Å². The van der Waals surface area contributed by atoms with Gasteiger partial charge in [0.2, 0.25) is 0 Å². The van der Waals surface area contributed by atoms with Gasteiger partial charge in [-0.3, -0.25) is 10.1 Å². The Morgan fingerprint density at radius 1 is 1.28 bits per heavy atom. The lowest BCUT2D eigenvalue weighted by Crippen LogP contribution is -2.06. The van der Waals surface area contributed by atoms with E-state index in [0.29, 0.717) is 10.6 Å². The van der Waals surface area contributed by atoms with Crippen molar-refractivity contribution in [2.24, 2.45) is 0 Å². The molecule has 0 unspecified atom stereocenters. The van der Waals surface area contributed by atoms with Crippen molar-refractivity contribution in [2.75, 3.05) is 0 Å². The monoisotopic (exact) mass is 378 g/mol. The molecule has 0 radical (unpaired) electrons. The Labute approximate surface area is 148 Å². The van der Waals surface area contributed by atoms with E-state index in [2.05, 4.69) is 0 Å². The molecule has 128 valence electrons. The third-order valence-electron chi connectivity index (χ3n) is 3.21. The predicted molar refractivity (Wildman–Crippen MR) is 92.4 cm³/mol. The summed E-state index contributed by atoms with van der Waals surface area (Å²) in [6.07, 6.45) is 1.03. The van der Waals surface area contributed by atoms with Crippen LogP contribution in [0.4, 0.5) is 5.69 Å². The van der Waals surface area contributed by atoms with Gasteiger partial charge in [0.25, 0.3) is 0 Å². The van der Waals surface area contributed by atoms with Crippen LogP contribution in [0.1, 0.15) is 11.1 Å². The molecule has 0 aliphatic rings. The molecule has 0 fully saturated rings. The summed E-state index contributed by atoms with van der Waals surface area (Å²) in [5.41, 5.74) is -0.0240. The Bertz CT molecular complexity index is 992. The molecule has 0 bridgehead atoms. The van der Waals surface area contributed by atoms with Gasteiger partial charge in [-0.05, 0) is 35.4 Å². The number of nitro benzene ring substituents is 1. The van der Waals surface area contributed by atoms with Gasteiger partial charge >= 0.3 is 5.69 Å². The molecule has 7 nitrogen and oxygen atoms in total. The molecular weight excluding hydrogens is 368 g/mol. The van der Waals surface area contributed by atoms with Crippen LogP contribution in [-0.2, 0) is 15.6 Å². The number of nitrogens with zero attached hydrogens (tertiary/aromatic N) is 2. The summed E-state index contributed by atoms with van der Waals surface area (Å²) < 4.78 is 24.8. The molecular formula is C16H11ClN2O5S. The number of aromatic hydroxyl groups is 1. The summed E-state index contributed by atoms with van der Waals surface area (Å²) in [5.74, 6) is -0.964. The molecule has 0 atom stereocenters. The first-order chi connectivity index (χ1) is 11.7. The minimum atomic E-state index is -3.96. The van der Waals surface area contributed by atoms with E-state index in [9.17, 15) is 28.9 Å². The largest absolute Gasteiger partial charge is 0.502 e. The summed E-state index contributed by atoms with van der Waals surface area (Å²) in [6.45, 7) is 0. The van der Waals surface area contributed by atoms with E-state index >= 15 is 0 Å². The van der Waals surface area contributed by atoms with E-state index in [-0.39, 0.29) is 5.56 Å². The number of benzene rings is 2. The molecule has 0 aliphatic heterocycles. The molecule has 0 spiro atoms. The molecule has 1 N–H and O–H groups in total. The number of nitriles is 1. The molecule has 0 saturated carbocycles. The van der Waals surface area contributed by atoms with Crippen molar-refractivity contribution in [3.05, 3.63) is 73.6 Å². The quantitative estimate of drug-likeness (QED) is 0.483. The Morgan fingerprint density at radius 2 is 1.92 bits per heavy atom. The van der Waals surface area contributed by atoms with Gasteiger partial charge in [-0.2, -0.15) is 5.26 Å². The first-order valence-corrected chi connectivity index (χ1v) is 8.82. The first-order valence-electron chi connectivity index (χ1n) is 6.79. The van der Waals surface area contributed by atoms with Crippen molar-refractivity contribution < 1.29 is 18.4 Å². The SMILES string of the molecule is N#CC(=Cc1ccc(O)c([N+](=O)[O-])c1)S(=O)(=O)Cc1ccc(Cl)cc1. The third-order valence-corrected chi connectivity index (χ3v) is 5.05. The summed E-state index contributed by atoms with van der Waals surface area (Å²) in [7, 11) is -3.96. The minimum absolute atomic E-state index is 0.112. The van der Waals surface area contributed by atoms with Crippen LogP contribution < -0.4 is 0 Å². The number of sulfone groups is 1. The van der Waals surface area contributed by atoms with Gasteiger partial charge in [-0.1, -0.05) is 29.8 Å². The molecule has 0 saturated heterocycles. The topological polar surface area (TPSA) is 121 Å². The van der Waals surface area contributed by atoms with Crippen molar-refractivity contribution in [3.8, 4) is 11.8 Å². The van der Waals surface area contributed by atoms with Gasteiger partial charge < -0.3 is 5.11 Å². The fourth-order valence-corrected chi connectivity index (χ4v) is 3.36. The molecule has 0 aromatic heterocycles. The van der Waals surface area contributed by atoms with Crippen molar-refractivity contribution in [1.82, 2.24) is 0 Å². The highest BCUT2D eigenvalue weighted by molar-refractivity contribution is 7.95. The zero-order valence-corrected chi connectivity index (χ0v) is 14.2. The Balaban J connectivity index is 2.39. The maximum atomic E-state index is 12.4. The number of nitro groups is 1. The van der Waals surface area contributed by atoms with Crippen LogP contribution in [0.25, 0.3) is 6.08 Å². The van der Waals surface area contributed by atoms with Crippen LogP contribution >= 0.6 is 11.6 Å². The smallest absolute Gasteiger partial charge is 0.311 e. The highest BCUT2D eigenvalue weighted by atomic mass is 35.5. The van der Waals surface area contributed by atoms with Gasteiger partial charge in [0.05, 0.1) is 10.7 Å². The number of halogens is 1. The molecule has 2 aromatic carbocycles. The predicted octanol–water partition coefficient (Wildman–Crippen LogP) is 3.43. The van der Waals surface area contributed by atoms with E-state index in [4.69, 9.17) is 11.6 Å². The van der Waals surface area contributed by atoms with Crippen LogP contribution in [0.5, 0.6) is 5.75 Å². The second-order valence-corrected chi connectivity index (χ2v) is 7.41. The van der Waals surface area contributed by atoms with Crippen molar-refractivity contribution in [3.63, 3.8) is 0 Å². The van der Waals surface area contributed by atoms with Crippen molar-refractivity contribution in [1.29, 1.82) is 5.26 Å². The fraction of sp³-hybridized carbons (Fsp3) is 0.0625. The van der Waals surface area contributed by atoms with Crippen molar-refractivity contribution >= 4 is 33.2 Å². The van der Waals surface area contributed by atoms with Gasteiger partial charge in [-0.15, -0.1) is 0 Å². The normalized spacial score (nSPS) is 11.8.